The fourth-order valence-corrected chi connectivity index (χ4v) is 2.41. The molecule has 0 aliphatic carbocycles. The number of rotatable bonds is 7. The molecule has 0 fully saturated rings. The van der Waals surface area contributed by atoms with Gasteiger partial charge in [-0.2, -0.15) is 5.26 Å². The van der Waals surface area contributed by atoms with Crippen molar-refractivity contribution in [3.8, 4) is 6.07 Å². The van der Waals surface area contributed by atoms with Crippen LogP contribution in [0.3, 0.4) is 0 Å². The highest BCUT2D eigenvalue weighted by atomic mass is 79.9. The molecule has 0 N–H and O–H groups in total. The number of aryl methyl sites for hydroxylation is 1. The molecule has 0 aliphatic rings. The molecule has 0 bridgehead atoms. The Morgan fingerprint density at radius 2 is 2.17 bits per heavy atom. The van der Waals surface area contributed by atoms with E-state index in [9.17, 15) is 0 Å². The van der Waals surface area contributed by atoms with Crippen molar-refractivity contribution in [2.45, 2.75) is 18.7 Å². The topological polar surface area (TPSA) is 36.3 Å². The minimum atomic E-state index is 0.531. The predicted octanol–water partition coefficient (Wildman–Crippen LogP) is 3.26. The lowest BCUT2D eigenvalue weighted by Gasteiger charge is -2.24. The molecule has 1 rings (SSSR count). The van der Waals surface area contributed by atoms with Crippen LogP contribution in [0, 0.1) is 18.3 Å². The maximum atomic E-state index is 8.71. The number of hydrogen-bond donors (Lipinski definition) is 0. The third-order valence-corrected chi connectivity index (χ3v) is 3.50. The molecule has 0 aromatic heterocycles. The van der Waals surface area contributed by atoms with Crippen LogP contribution >= 0.6 is 15.9 Å². The second-order valence-electron chi connectivity index (χ2n) is 4.13. The number of anilines is 1. The first kappa shape index (κ1) is 15.0. The zero-order valence-electron chi connectivity index (χ0n) is 10.9. The first-order valence-corrected chi connectivity index (χ1v) is 7.11. The number of nitriles is 1. The lowest BCUT2D eigenvalue weighted by atomic mass is 10.1. The summed E-state index contributed by atoms with van der Waals surface area (Å²) in [7, 11) is 1.70. The largest absolute Gasteiger partial charge is 0.383 e. The van der Waals surface area contributed by atoms with Gasteiger partial charge in [0.05, 0.1) is 19.1 Å². The van der Waals surface area contributed by atoms with E-state index in [1.165, 1.54) is 11.1 Å². The lowest BCUT2D eigenvalue weighted by molar-refractivity contribution is 0.205. The molecule has 18 heavy (non-hydrogen) atoms. The van der Waals surface area contributed by atoms with Gasteiger partial charge in [0.2, 0.25) is 0 Å². The first-order valence-electron chi connectivity index (χ1n) is 5.99. The summed E-state index contributed by atoms with van der Waals surface area (Å²) in [6, 6.07) is 8.60. The third kappa shape index (κ3) is 4.32. The Balaban J connectivity index is 2.83. The smallest absolute Gasteiger partial charge is 0.0640 e. The van der Waals surface area contributed by atoms with Gasteiger partial charge in [-0.25, -0.2) is 0 Å². The van der Waals surface area contributed by atoms with Gasteiger partial charge in [0.1, 0.15) is 0 Å². The van der Waals surface area contributed by atoms with Gasteiger partial charge in [-0.3, -0.25) is 0 Å². The van der Waals surface area contributed by atoms with Crippen molar-refractivity contribution in [1.29, 1.82) is 5.26 Å². The van der Waals surface area contributed by atoms with Gasteiger partial charge in [-0.1, -0.05) is 22.0 Å². The SMILES string of the molecule is COCCN(CCC#N)c1ccc(CBr)c(C)c1. The number of benzene rings is 1. The lowest BCUT2D eigenvalue weighted by Crippen LogP contribution is -2.28. The molecule has 0 unspecified atom stereocenters. The number of alkyl halides is 1. The predicted molar refractivity (Wildman–Crippen MR) is 78.1 cm³/mol. The maximum Gasteiger partial charge on any atom is 0.0640 e. The normalized spacial score (nSPS) is 10.1. The number of halogens is 1. The Labute approximate surface area is 117 Å². The molecule has 98 valence electrons. The minimum Gasteiger partial charge on any atom is -0.383 e. The number of hydrogen-bond acceptors (Lipinski definition) is 3. The van der Waals surface area contributed by atoms with Crippen LogP contribution in [0.2, 0.25) is 0 Å². The molecule has 0 saturated carbocycles. The van der Waals surface area contributed by atoms with Gasteiger partial charge in [-0.05, 0) is 30.2 Å². The molecule has 4 heteroatoms. The van der Waals surface area contributed by atoms with E-state index in [1.54, 1.807) is 7.11 Å². The molecular weight excluding hydrogens is 292 g/mol. The van der Waals surface area contributed by atoms with Crippen molar-refractivity contribution in [2.24, 2.45) is 0 Å². The molecule has 0 heterocycles. The van der Waals surface area contributed by atoms with Gasteiger partial charge in [0.25, 0.3) is 0 Å². The zero-order chi connectivity index (χ0) is 13.4. The van der Waals surface area contributed by atoms with E-state index >= 15 is 0 Å². The molecule has 0 amide bonds. The van der Waals surface area contributed by atoms with Crippen LogP contribution in [0.5, 0.6) is 0 Å². The fourth-order valence-electron chi connectivity index (χ4n) is 1.78. The second kappa shape index (κ2) is 8.12. The van der Waals surface area contributed by atoms with Crippen molar-refractivity contribution >= 4 is 21.6 Å². The van der Waals surface area contributed by atoms with Gasteiger partial charge in [-0.15, -0.1) is 0 Å². The van der Waals surface area contributed by atoms with Crippen LogP contribution in [0.1, 0.15) is 17.5 Å². The van der Waals surface area contributed by atoms with Gasteiger partial charge in [0, 0.05) is 31.2 Å². The minimum absolute atomic E-state index is 0.531. The summed E-state index contributed by atoms with van der Waals surface area (Å²) in [5.74, 6) is 0. The molecular formula is C14H19BrN2O. The summed E-state index contributed by atoms with van der Waals surface area (Å²) in [5, 5.41) is 9.58. The molecule has 1 aromatic rings. The van der Waals surface area contributed by atoms with Crippen LogP contribution in [0.4, 0.5) is 5.69 Å². The molecule has 0 atom stereocenters. The van der Waals surface area contributed by atoms with Crippen molar-refractivity contribution in [3.05, 3.63) is 29.3 Å². The van der Waals surface area contributed by atoms with Crippen LogP contribution in [0.15, 0.2) is 18.2 Å². The van der Waals surface area contributed by atoms with E-state index < -0.39 is 0 Å². The van der Waals surface area contributed by atoms with E-state index in [4.69, 9.17) is 10.00 Å². The van der Waals surface area contributed by atoms with E-state index in [-0.39, 0.29) is 0 Å². The Morgan fingerprint density at radius 1 is 1.39 bits per heavy atom. The highest BCUT2D eigenvalue weighted by Crippen LogP contribution is 2.21. The average Bonchev–Trinajstić information content (AvgIpc) is 2.39. The highest BCUT2D eigenvalue weighted by molar-refractivity contribution is 9.08. The number of ether oxygens (including phenoxy) is 1. The van der Waals surface area contributed by atoms with Gasteiger partial charge in [0.15, 0.2) is 0 Å². The summed E-state index contributed by atoms with van der Waals surface area (Å²) in [6.45, 7) is 4.34. The molecule has 0 saturated heterocycles. The summed E-state index contributed by atoms with van der Waals surface area (Å²) in [6.07, 6.45) is 0.531. The van der Waals surface area contributed by atoms with E-state index in [1.807, 2.05) is 0 Å². The van der Waals surface area contributed by atoms with Crippen LogP contribution in [0.25, 0.3) is 0 Å². The average molecular weight is 311 g/mol. The zero-order valence-corrected chi connectivity index (χ0v) is 12.5. The van der Waals surface area contributed by atoms with Gasteiger partial charge < -0.3 is 9.64 Å². The number of nitrogens with zero attached hydrogens (tertiary/aromatic N) is 2. The second-order valence-corrected chi connectivity index (χ2v) is 4.69. The Hall–Kier alpha value is -1.05. The summed E-state index contributed by atoms with van der Waals surface area (Å²) < 4.78 is 5.12. The van der Waals surface area contributed by atoms with Crippen LogP contribution in [-0.4, -0.2) is 26.8 Å². The summed E-state index contributed by atoms with van der Waals surface area (Å²) in [5.41, 5.74) is 3.72. The Bertz CT molecular complexity index is 415. The van der Waals surface area contributed by atoms with Crippen molar-refractivity contribution in [2.75, 3.05) is 31.7 Å². The van der Waals surface area contributed by atoms with Crippen molar-refractivity contribution < 1.29 is 4.74 Å². The Morgan fingerprint density at radius 3 is 2.72 bits per heavy atom. The monoisotopic (exact) mass is 310 g/mol. The van der Waals surface area contributed by atoms with Crippen LogP contribution < -0.4 is 4.90 Å². The highest BCUT2D eigenvalue weighted by Gasteiger charge is 2.07. The maximum absolute atomic E-state index is 8.71. The first-order chi connectivity index (χ1) is 8.72. The quantitative estimate of drug-likeness (QED) is 0.725. The molecule has 0 radical (unpaired) electrons. The number of methoxy groups -OCH3 is 1. The summed E-state index contributed by atoms with van der Waals surface area (Å²) in [4.78, 5) is 2.19. The van der Waals surface area contributed by atoms with Crippen molar-refractivity contribution in [1.82, 2.24) is 0 Å². The molecule has 1 aromatic carbocycles. The van der Waals surface area contributed by atoms with Crippen molar-refractivity contribution in [3.63, 3.8) is 0 Å². The molecule has 3 nitrogen and oxygen atoms in total. The third-order valence-electron chi connectivity index (χ3n) is 2.89. The standard InChI is InChI=1S/C14H19BrN2O/c1-12-10-14(5-4-13(12)11-15)17(7-3-6-16)8-9-18-2/h4-5,10H,3,7-9,11H2,1-2H3. The van der Waals surface area contributed by atoms with E-state index in [0.29, 0.717) is 13.0 Å². The van der Waals surface area contributed by atoms with E-state index in [0.717, 1.165) is 24.1 Å². The fraction of sp³-hybridized carbons (Fsp3) is 0.500. The Kier molecular flexibility index (Phi) is 6.77. The molecule has 0 spiro atoms. The van der Waals surface area contributed by atoms with Crippen LogP contribution in [-0.2, 0) is 10.1 Å². The van der Waals surface area contributed by atoms with Gasteiger partial charge >= 0.3 is 0 Å². The summed E-state index contributed by atoms with van der Waals surface area (Å²) >= 11 is 3.48. The molecule has 0 aliphatic heterocycles. The van der Waals surface area contributed by atoms with E-state index in [2.05, 4.69) is 52.0 Å².